The molecule has 0 fully saturated rings. The Morgan fingerprint density at radius 3 is 2.10 bits per heavy atom. The number of hydrogen-bond acceptors (Lipinski definition) is 1. The number of rotatable bonds is 4. The molecule has 2 aromatic carbocycles. The van der Waals surface area contributed by atoms with Crippen molar-refractivity contribution in [1.29, 1.82) is 0 Å². The molecule has 110 valence electrons. The predicted octanol–water partition coefficient (Wildman–Crippen LogP) is 5.27. The van der Waals surface area contributed by atoms with Crippen LogP contribution in [0.2, 0.25) is 10.0 Å². The average molecular weight is 321 g/mol. The normalized spacial score (nSPS) is 10.7. The van der Waals surface area contributed by atoms with Crippen LogP contribution < -0.4 is 0 Å². The number of aryl methyl sites for hydroxylation is 3. The van der Waals surface area contributed by atoms with Gasteiger partial charge < -0.3 is 0 Å². The van der Waals surface area contributed by atoms with E-state index in [1.165, 1.54) is 16.7 Å². The van der Waals surface area contributed by atoms with Crippen LogP contribution in [0.15, 0.2) is 30.3 Å². The smallest absolute Gasteiger partial charge is 0.141 e. The Kier molecular flexibility index (Phi) is 5.08. The largest absolute Gasteiger partial charge is 0.299 e. The first-order valence-corrected chi connectivity index (χ1v) is 7.64. The standard InChI is InChI=1S/C18H18Cl2O/c1-11-6-12(2)16(13(3)7-11)10-15(21)8-14-4-5-17(19)18(20)9-14/h4-7,9H,8,10H2,1-3H3. The lowest BCUT2D eigenvalue weighted by Crippen LogP contribution is -2.09. The van der Waals surface area contributed by atoms with Crippen LogP contribution >= 0.6 is 23.2 Å². The maximum absolute atomic E-state index is 12.3. The molecule has 0 N–H and O–H groups in total. The van der Waals surface area contributed by atoms with Crippen molar-refractivity contribution in [3.63, 3.8) is 0 Å². The summed E-state index contributed by atoms with van der Waals surface area (Å²) in [6.45, 7) is 6.19. The lowest BCUT2D eigenvalue weighted by atomic mass is 9.94. The zero-order chi connectivity index (χ0) is 15.6. The number of Topliss-reactive ketones (excluding diaryl/α,β-unsaturated/α-hetero) is 1. The van der Waals surface area contributed by atoms with Gasteiger partial charge in [-0.1, -0.05) is 47.0 Å². The molecule has 0 heterocycles. The predicted molar refractivity (Wildman–Crippen MR) is 89.5 cm³/mol. The van der Waals surface area contributed by atoms with E-state index in [1.54, 1.807) is 12.1 Å². The SMILES string of the molecule is Cc1cc(C)c(CC(=O)Cc2ccc(Cl)c(Cl)c2)c(C)c1. The van der Waals surface area contributed by atoms with Crippen molar-refractivity contribution < 1.29 is 4.79 Å². The molecule has 21 heavy (non-hydrogen) atoms. The fraction of sp³-hybridized carbons (Fsp3) is 0.278. The zero-order valence-corrected chi connectivity index (χ0v) is 14.0. The molecule has 0 spiro atoms. The number of carbonyl (C=O) groups is 1. The third-order valence-corrected chi connectivity index (χ3v) is 4.34. The molecular formula is C18H18Cl2O. The molecule has 0 saturated heterocycles. The summed E-state index contributed by atoms with van der Waals surface area (Å²) in [6, 6.07) is 9.58. The quantitative estimate of drug-likeness (QED) is 0.749. The van der Waals surface area contributed by atoms with E-state index >= 15 is 0 Å². The summed E-state index contributed by atoms with van der Waals surface area (Å²) in [5, 5.41) is 1.00. The van der Waals surface area contributed by atoms with E-state index in [2.05, 4.69) is 32.9 Å². The summed E-state index contributed by atoms with van der Waals surface area (Å²) >= 11 is 11.9. The van der Waals surface area contributed by atoms with Gasteiger partial charge in [-0.3, -0.25) is 4.79 Å². The summed E-state index contributed by atoms with van der Waals surface area (Å²) in [6.07, 6.45) is 0.835. The molecule has 0 saturated carbocycles. The summed E-state index contributed by atoms with van der Waals surface area (Å²) < 4.78 is 0. The highest BCUT2D eigenvalue weighted by Gasteiger charge is 2.11. The van der Waals surface area contributed by atoms with Gasteiger partial charge in [-0.15, -0.1) is 0 Å². The van der Waals surface area contributed by atoms with Crippen LogP contribution in [0.25, 0.3) is 0 Å². The molecule has 0 atom stereocenters. The maximum atomic E-state index is 12.3. The number of halogens is 2. The molecule has 0 amide bonds. The monoisotopic (exact) mass is 320 g/mol. The van der Waals surface area contributed by atoms with E-state index in [-0.39, 0.29) is 5.78 Å². The van der Waals surface area contributed by atoms with E-state index in [0.717, 1.165) is 11.1 Å². The topological polar surface area (TPSA) is 17.1 Å². The van der Waals surface area contributed by atoms with Crippen LogP contribution in [-0.4, -0.2) is 5.78 Å². The molecular weight excluding hydrogens is 303 g/mol. The van der Waals surface area contributed by atoms with Crippen molar-refractivity contribution in [3.8, 4) is 0 Å². The van der Waals surface area contributed by atoms with Gasteiger partial charge in [0.15, 0.2) is 0 Å². The minimum atomic E-state index is 0.184. The Morgan fingerprint density at radius 2 is 1.52 bits per heavy atom. The number of benzene rings is 2. The van der Waals surface area contributed by atoms with Gasteiger partial charge in [0.2, 0.25) is 0 Å². The zero-order valence-electron chi connectivity index (χ0n) is 12.5. The second-order valence-electron chi connectivity index (χ2n) is 5.52. The molecule has 0 aromatic heterocycles. The van der Waals surface area contributed by atoms with Gasteiger partial charge in [0.25, 0.3) is 0 Å². The van der Waals surface area contributed by atoms with Crippen molar-refractivity contribution in [2.75, 3.05) is 0 Å². The van der Waals surface area contributed by atoms with E-state index in [1.807, 2.05) is 6.07 Å². The first-order chi connectivity index (χ1) is 9.86. The van der Waals surface area contributed by atoms with Crippen LogP contribution in [0.3, 0.4) is 0 Å². The third kappa shape index (κ3) is 4.09. The van der Waals surface area contributed by atoms with Gasteiger partial charge in [-0.2, -0.15) is 0 Å². The van der Waals surface area contributed by atoms with Gasteiger partial charge in [-0.25, -0.2) is 0 Å². The highest BCUT2D eigenvalue weighted by molar-refractivity contribution is 6.42. The summed E-state index contributed by atoms with van der Waals surface area (Å²) in [4.78, 5) is 12.3. The van der Waals surface area contributed by atoms with Gasteiger partial charge in [-0.05, 0) is 55.2 Å². The second kappa shape index (κ2) is 6.64. The minimum absolute atomic E-state index is 0.184. The molecule has 0 radical (unpaired) electrons. The fourth-order valence-electron chi connectivity index (χ4n) is 2.63. The van der Waals surface area contributed by atoms with Crippen molar-refractivity contribution in [2.45, 2.75) is 33.6 Å². The molecule has 0 aliphatic rings. The van der Waals surface area contributed by atoms with Crippen molar-refractivity contribution in [2.24, 2.45) is 0 Å². The van der Waals surface area contributed by atoms with E-state index in [4.69, 9.17) is 23.2 Å². The molecule has 0 bridgehead atoms. The summed E-state index contributed by atoms with van der Waals surface area (Å²) in [5.74, 6) is 0.184. The average Bonchev–Trinajstić information content (AvgIpc) is 2.38. The van der Waals surface area contributed by atoms with Gasteiger partial charge in [0, 0.05) is 12.8 Å². The molecule has 2 aromatic rings. The molecule has 0 aliphatic heterocycles. The molecule has 0 aliphatic carbocycles. The summed E-state index contributed by atoms with van der Waals surface area (Å²) in [7, 11) is 0. The molecule has 0 unspecified atom stereocenters. The van der Waals surface area contributed by atoms with Crippen molar-refractivity contribution in [3.05, 3.63) is 68.2 Å². The Morgan fingerprint density at radius 1 is 0.905 bits per heavy atom. The Balaban J connectivity index is 2.13. The van der Waals surface area contributed by atoms with E-state index < -0.39 is 0 Å². The Labute approximate surface area is 135 Å². The lowest BCUT2D eigenvalue weighted by Gasteiger charge is -2.11. The lowest BCUT2D eigenvalue weighted by molar-refractivity contribution is -0.117. The molecule has 3 heteroatoms. The first kappa shape index (κ1) is 16.1. The van der Waals surface area contributed by atoms with Crippen LogP contribution in [0.5, 0.6) is 0 Å². The first-order valence-electron chi connectivity index (χ1n) is 6.89. The highest BCUT2D eigenvalue weighted by atomic mass is 35.5. The van der Waals surface area contributed by atoms with Crippen molar-refractivity contribution >= 4 is 29.0 Å². The number of hydrogen-bond donors (Lipinski definition) is 0. The van der Waals surface area contributed by atoms with Crippen LogP contribution in [0.1, 0.15) is 27.8 Å². The van der Waals surface area contributed by atoms with E-state index in [0.29, 0.717) is 22.9 Å². The minimum Gasteiger partial charge on any atom is -0.299 e. The van der Waals surface area contributed by atoms with Crippen LogP contribution in [0.4, 0.5) is 0 Å². The van der Waals surface area contributed by atoms with Crippen molar-refractivity contribution in [1.82, 2.24) is 0 Å². The number of carbonyl (C=O) groups excluding carboxylic acids is 1. The highest BCUT2D eigenvalue weighted by Crippen LogP contribution is 2.23. The Bertz CT molecular complexity index is 667. The third-order valence-electron chi connectivity index (χ3n) is 3.60. The van der Waals surface area contributed by atoms with Crippen LogP contribution in [0, 0.1) is 20.8 Å². The second-order valence-corrected chi connectivity index (χ2v) is 6.33. The molecule has 1 nitrogen and oxygen atoms in total. The van der Waals surface area contributed by atoms with Gasteiger partial charge in [0.05, 0.1) is 10.0 Å². The number of ketones is 1. The maximum Gasteiger partial charge on any atom is 0.141 e. The van der Waals surface area contributed by atoms with Gasteiger partial charge >= 0.3 is 0 Å². The van der Waals surface area contributed by atoms with Crippen LogP contribution in [-0.2, 0) is 17.6 Å². The Hall–Kier alpha value is -1.31. The summed E-state index contributed by atoms with van der Waals surface area (Å²) in [5.41, 5.74) is 5.61. The van der Waals surface area contributed by atoms with E-state index in [9.17, 15) is 4.79 Å². The fourth-order valence-corrected chi connectivity index (χ4v) is 2.95. The van der Waals surface area contributed by atoms with Gasteiger partial charge in [0.1, 0.15) is 5.78 Å². The molecule has 2 rings (SSSR count).